The monoisotopic (exact) mass is 340 g/mol. The third-order valence-corrected chi connectivity index (χ3v) is 3.53. The predicted octanol–water partition coefficient (Wildman–Crippen LogP) is 2.83. The largest absolute Gasteiger partial charge is 0.398 e. The first kappa shape index (κ1) is 14.3. The van der Waals surface area contributed by atoms with E-state index < -0.39 is 0 Å². The fourth-order valence-electron chi connectivity index (χ4n) is 1.86. The number of hydrazine groups is 1. The number of hydrogen-bond acceptors (Lipinski definition) is 4. The van der Waals surface area contributed by atoms with Gasteiger partial charge in [-0.1, -0.05) is 17.7 Å². The number of benzene rings is 1. The summed E-state index contributed by atoms with van der Waals surface area (Å²) in [5.74, 6) is 5.61. The van der Waals surface area contributed by atoms with Gasteiger partial charge in [0.2, 0.25) is 0 Å². The molecular formula is C13H14BrClN4. The lowest BCUT2D eigenvalue weighted by molar-refractivity contribution is 0.547. The Morgan fingerprint density at radius 1 is 1.32 bits per heavy atom. The summed E-state index contributed by atoms with van der Waals surface area (Å²) >= 11 is 9.25. The molecule has 0 saturated carbocycles. The standard InChI is InChI=1S/C13H14BrClN4/c14-8-1-3-10(18-7-8)6-13(19-17)11-4-2-9(15)5-12(11)16/h1-5,7,13,19H,6,16-17H2. The van der Waals surface area contributed by atoms with Crippen molar-refractivity contribution in [3.63, 3.8) is 0 Å². The second kappa shape index (κ2) is 6.34. The topological polar surface area (TPSA) is 77.0 Å². The van der Waals surface area contributed by atoms with Gasteiger partial charge in [-0.15, -0.1) is 0 Å². The van der Waals surface area contributed by atoms with Crippen LogP contribution in [0.5, 0.6) is 0 Å². The average molecular weight is 342 g/mol. The van der Waals surface area contributed by atoms with Gasteiger partial charge in [0.1, 0.15) is 0 Å². The second-order valence-corrected chi connectivity index (χ2v) is 5.52. The van der Waals surface area contributed by atoms with Crippen LogP contribution in [0.1, 0.15) is 17.3 Å². The minimum atomic E-state index is -0.106. The summed E-state index contributed by atoms with van der Waals surface area (Å²) in [5.41, 5.74) is 11.2. The van der Waals surface area contributed by atoms with E-state index in [1.807, 2.05) is 18.2 Å². The summed E-state index contributed by atoms with van der Waals surface area (Å²) in [5, 5.41) is 0.610. The maximum absolute atomic E-state index is 5.97. The molecule has 2 rings (SSSR count). The number of nitrogens with zero attached hydrogens (tertiary/aromatic N) is 1. The van der Waals surface area contributed by atoms with Crippen molar-refractivity contribution >= 4 is 33.2 Å². The van der Waals surface area contributed by atoms with Gasteiger partial charge in [0.15, 0.2) is 0 Å². The number of rotatable bonds is 4. The van der Waals surface area contributed by atoms with Crippen LogP contribution in [0.15, 0.2) is 41.0 Å². The fraction of sp³-hybridized carbons (Fsp3) is 0.154. The molecule has 0 aliphatic heterocycles. The zero-order valence-corrected chi connectivity index (χ0v) is 12.4. The van der Waals surface area contributed by atoms with Gasteiger partial charge in [0, 0.05) is 33.5 Å². The maximum atomic E-state index is 5.97. The zero-order valence-electron chi connectivity index (χ0n) is 10.1. The van der Waals surface area contributed by atoms with Crippen LogP contribution in [-0.2, 0) is 6.42 Å². The Kier molecular flexibility index (Phi) is 4.76. The summed E-state index contributed by atoms with van der Waals surface area (Å²) in [4.78, 5) is 4.33. The molecular weight excluding hydrogens is 328 g/mol. The van der Waals surface area contributed by atoms with Gasteiger partial charge in [-0.2, -0.15) is 0 Å². The molecule has 0 aliphatic carbocycles. The van der Waals surface area contributed by atoms with E-state index in [0.717, 1.165) is 15.7 Å². The highest BCUT2D eigenvalue weighted by Crippen LogP contribution is 2.26. The van der Waals surface area contributed by atoms with Crippen LogP contribution in [0.25, 0.3) is 0 Å². The van der Waals surface area contributed by atoms with E-state index in [4.69, 9.17) is 23.2 Å². The van der Waals surface area contributed by atoms with Gasteiger partial charge in [0.05, 0.1) is 6.04 Å². The minimum Gasteiger partial charge on any atom is -0.398 e. The maximum Gasteiger partial charge on any atom is 0.0535 e. The Morgan fingerprint density at radius 2 is 2.11 bits per heavy atom. The molecule has 0 radical (unpaired) electrons. The normalized spacial score (nSPS) is 12.4. The van der Waals surface area contributed by atoms with E-state index in [-0.39, 0.29) is 6.04 Å². The van der Waals surface area contributed by atoms with Crippen molar-refractivity contribution in [3.8, 4) is 0 Å². The highest BCUT2D eigenvalue weighted by atomic mass is 79.9. The molecule has 6 heteroatoms. The lowest BCUT2D eigenvalue weighted by atomic mass is 10.0. The number of nitrogen functional groups attached to an aromatic ring is 1. The van der Waals surface area contributed by atoms with Gasteiger partial charge in [-0.05, 0) is 45.8 Å². The minimum absolute atomic E-state index is 0.106. The number of anilines is 1. The number of pyridine rings is 1. The molecule has 0 amide bonds. The summed E-state index contributed by atoms with van der Waals surface area (Å²) in [6.07, 6.45) is 2.41. The first-order chi connectivity index (χ1) is 9.10. The van der Waals surface area contributed by atoms with Crippen molar-refractivity contribution in [2.45, 2.75) is 12.5 Å². The van der Waals surface area contributed by atoms with Crippen molar-refractivity contribution in [1.82, 2.24) is 10.4 Å². The Labute approximate surface area is 125 Å². The summed E-state index contributed by atoms with van der Waals surface area (Å²) in [6, 6.07) is 9.18. The zero-order chi connectivity index (χ0) is 13.8. The quantitative estimate of drug-likeness (QED) is 0.454. The first-order valence-electron chi connectivity index (χ1n) is 5.71. The Hall–Kier alpha value is -1.14. The van der Waals surface area contributed by atoms with Crippen molar-refractivity contribution in [2.75, 3.05) is 5.73 Å². The number of nitrogens with one attached hydrogen (secondary N) is 1. The van der Waals surface area contributed by atoms with Gasteiger partial charge in [-0.3, -0.25) is 16.3 Å². The third kappa shape index (κ3) is 3.67. The molecule has 0 bridgehead atoms. The van der Waals surface area contributed by atoms with Crippen LogP contribution in [-0.4, -0.2) is 4.98 Å². The van der Waals surface area contributed by atoms with Crippen LogP contribution in [0.4, 0.5) is 5.69 Å². The van der Waals surface area contributed by atoms with Gasteiger partial charge < -0.3 is 5.73 Å². The summed E-state index contributed by atoms with van der Waals surface area (Å²) in [6.45, 7) is 0. The number of hydrogen-bond donors (Lipinski definition) is 3. The van der Waals surface area contributed by atoms with Gasteiger partial charge >= 0.3 is 0 Å². The lowest BCUT2D eigenvalue weighted by Gasteiger charge is -2.18. The molecule has 0 saturated heterocycles. The fourth-order valence-corrected chi connectivity index (χ4v) is 2.27. The molecule has 2 aromatic rings. The van der Waals surface area contributed by atoms with Crippen LogP contribution in [0.2, 0.25) is 5.02 Å². The van der Waals surface area contributed by atoms with Crippen molar-refractivity contribution in [3.05, 3.63) is 57.3 Å². The van der Waals surface area contributed by atoms with Crippen molar-refractivity contribution in [1.29, 1.82) is 0 Å². The number of halogens is 2. The van der Waals surface area contributed by atoms with Crippen molar-refractivity contribution < 1.29 is 0 Å². The van der Waals surface area contributed by atoms with E-state index in [1.165, 1.54) is 0 Å². The molecule has 5 N–H and O–H groups in total. The summed E-state index contributed by atoms with van der Waals surface area (Å²) in [7, 11) is 0. The van der Waals surface area contributed by atoms with E-state index in [1.54, 1.807) is 18.3 Å². The molecule has 0 spiro atoms. The van der Waals surface area contributed by atoms with Crippen LogP contribution in [0.3, 0.4) is 0 Å². The SMILES string of the molecule is NNC(Cc1ccc(Br)cn1)c1ccc(Cl)cc1N. The van der Waals surface area contributed by atoms with E-state index in [9.17, 15) is 0 Å². The Balaban J connectivity index is 2.22. The van der Waals surface area contributed by atoms with Crippen LogP contribution in [0, 0.1) is 0 Å². The molecule has 4 nitrogen and oxygen atoms in total. The highest BCUT2D eigenvalue weighted by molar-refractivity contribution is 9.10. The Morgan fingerprint density at radius 3 is 2.68 bits per heavy atom. The molecule has 1 unspecified atom stereocenters. The predicted molar refractivity (Wildman–Crippen MR) is 81.6 cm³/mol. The van der Waals surface area contributed by atoms with Gasteiger partial charge in [-0.25, -0.2) is 0 Å². The molecule has 1 aromatic heterocycles. The molecule has 1 atom stereocenters. The molecule has 0 aliphatic rings. The number of aromatic nitrogens is 1. The third-order valence-electron chi connectivity index (χ3n) is 2.83. The van der Waals surface area contributed by atoms with E-state index >= 15 is 0 Å². The Bertz CT molecular complexity index is 559. The first-order valence-corrected chi connectivity index (χ1v) is 6.88. The lowest BCUT2D eigenvalue weighted by Crippen LogP contribution is -2.30. The average Bonchev–Trinajstić information content (AvgIpc) is 2.39. The second-order valence-electron chi connectivity index (χ2n) is 4.16. The molecule has 19 heavy (non-hydrogen) atoms. The molecule has 0 fully saturated rings. The van der Waals surface area contributed by atoms with Gasteiger partial charge in [0.25, 0.3) is 0 Å². The highest BCUT2D eigenvalue weighted by Gasteiger charge is 2.14. The van der Waals surface area contributed by atoms with E-state index in [2.05, 4.69) is 26.3 Å². The van der Waals surface area contributed by atoms with Crippen LogP contribution < -0.4 is 17.0 Å². The van der Waals surface area contributed by atoms with Crippen LogP contribution >= 0.6 is 27.5 Å². The smallest absolute Gasteiger partial charge is 0.0535 e. The molecule has 1 aromatic carbocycles. The van der Waals surface area contributed by atoms with Crippen molar-refractivity contribution in [2.24, 2.45) is 5.84 Å². The summed E-state index contributed by atoms with van der Waals surface area (Å²) < 4.78 is 0.944. The number of nitrogens with two attached hydrogens (primary N) is 2. The van der Waals surface area contributed by atoms with E-state index in [0.29, 0.717) is 17.1 Å². The molecule has 1 heterocycles. The molecule has 100 valence electrons.